The molecule has 0 aliphatic heterocycles. The molecule has 0 bridgehead atoms. The van der Waals surface area contributed by atoms with Gasteiger partial charge in [0, 0.05) is 25.1 Å². The van der Waals surface area contributed by atoms with Crippen molar-refractivity contribution in [3.8, 4) is 11.1 Å². The molecule has 3 aromatic rings. The maximum Gasteiger partial charge on any atom is 0.212 e. The normalized spacial score (nSPS) is 12.7. The van der Waals surface area contributed by atoms with E-state index in [9.17, 15) is 4.39 Å². The molecule has 5 nitrogen and oxygen atoms in total. The summed E-state index contributed by atoms with van der Waals surface area (Å²) in [4.78, 5) is 4.12. The van der Waals surface area contributed by atoms with Crippen LogP contribution in [0.2, 0.25) is 0 Å². The van der Waals surface area contributed by atoms with Gasteiger partial charge < -0.3 is 10.6 Å². The van der Waals surface area contributed by atoms with E-state index < -0.39 is 0 Å². The summed E-state index contributed by atoms with van der Waals surface area (Å²) >= 11 is 1.44. The van der Waals surface area contributed by atoms with Crippen molar-refractivity contribution in [1.29, 1.82) is 0 Å². The minimum atomic E-state index is -0.235. The van der Waals surface area contributed by atoms with Crippen LogP contribution in [-0.2, 0) is 0 Å². The van der Waals surface area contributed by atoms with Crippen molar-refractivity contribution >= 4 is 22.4 Å². The third-order valence-corrected chi connectivity index (χ3v) is 5.20. The van der Waals surface area contributed by atoms with Crippen LogP contribution in [0.1, 0.15) is 30.3 Å². The number of aromatic nitrogens is 2. The van der Waals surface area contributed by atoms with Crippen LogP contribution >= 0.6 is 11.3 Å². The molecule has 0 saturated carbocycles. The predicted molar refractivity (Wildman–Crippen MR) is 110 cm³/mol. The van der Waals surface area contributed by atoms with E-state index in [0.717, 1.165) is 22.7 Å². The number of guanidine groups is 1. The van der Waals surface area contributed by atoms with Crippen molar-refractivity contribution in [3.63, 3.8) is 0 Å². The first-order chi connectivity index (χ1) is 13.1. The zero-order valence-electron chi connectivity index (χ0n) is 15.5. The third kappa shape index (κ3) is 4.49. The molecule has 0 aliphatic carbocycles. The molecule has 1 aromatic heterocycles. The summed E-state index contributed by atoms with van der Waals surface area (Å²) in [6, 6.07) is 14.9. The lowest BCUT2D eigenvalue weighted by atomic mass is 9.97. The highest BCUT2D eigenvalue weighted by molar-refractivity contribution is 7.15. The first kappa shape index (κ1) is 19.0. The van der Waals surface area contributed by atoms with E-state index in [-0.39, 0.29) is 11.7 Å². The SMILES string of the molecule is CCNC(=NC)Nc1nnc(C(C)c2ccc(-c3ccccc3)c(F)c2)s1. The standard InChI is InChI=1S/C20H22FN5S/c1-4-23-19(22-3)24-20-26-25-18(27-20)13(2)15-10-11-16(17(21)12-15)14-8-6-5-7-9-14/h5-13H,4H2,1-3H3,(H2,22,23,24,26). The Labute approximate surface area is 162 Å². The summed E-state index contributed by atoms with van der Waals surface area (Å²) in [6.07, 6.45) is 0. The average Bonchev–Trinajstić information content (AvgIpc) is 3.16. The third-order valence-electron chi connectivity index (χ3n) is 4.18. The Hall–Kier alpha value is -2.80. The summed E-state index contributed by atoms with van der Waals surface area (Å²) in [6.45, 7) is 4.75. The number of rotatable bonds is 5. The second-order valence-electron chi connectivity index (χ2n) is 6.00. The molecule has 7 heteroatoms. The van der Waals surface area contributed by atoms with Crippen LogP contribution < -0.4 is 10.6 Å². The molecule has 0 spiro atoms. The van der Waals surface area contributed by atoms with E-state index in [1.165, 1.54) is 11.3 Å². The molecule has 27 heavy (non-hydrogen) atoms. The van der Waals surface area contributed by atoms with Gasteiger partial charge in [-0.3, -0.25) is 4.99 Å². The summed E-state index contributed by atoms with van der Waals surface area (Å²) in [5, 5.41) is 16.1. The average molecular weight is 383 g/mol. The zero-order chi connectivity index (χ0) is 19.2. The fourth-order valence-electron chi connectivity index (χ4n) is 2.70. The lowest BCUT2D eigenvalue weighted by molar-refractivity contribution is 0.627. The van der Waals surface area contributed by atoms with Gasteiger partial charge in [0.25, 0.3) is 0 Å². The number of halogens is 1. The number of nitrogens with one attached hydrogen (secondary N) is 2. The molecule has 1 unspecified atom stereocenters. The van der Waals surface area contributed by atoms with E-state index >= 15 is 0 Å². The van der Waals surface area contributed by atoms with Crippen molar-refractivity contribution < 1.29 is 4.39 Å². The van der Waals surface area contributed by atoms with Crippen molar-refractivity contribution in [2.75, 3.05) is 18.9 Å². The number of nitrogens with zero attached hydrogens (tertiary/aromatic N) is 3. The van der Waals surface area contributed by atoms with Gasteiger partial charge >= 0.3 is 0 Å². The Kier molecular flexibility index (Phi) is 6.13. The second-order valence-corrected chi connectivity index (χ2v) is 7.01. The number of hydrogen-bond donors (Lipinski definition) is 2. The fourth-order valence-corrected chi connectivity index (χ4v) is 3.53. The lowest BCUT2D eigenvalue weighted by Crippen LogP contribution is -2.30. The smallest absolute Gasteiger partial charge is 0.212 e. The second kappa shape index (κ2) is 8.73. The highest BCUT2D eigenvalue weighted by Crippen LogP contribution is 2.31. The van der Waals surface area contributed by atoms with Crippen LogP contribution in [0.3, 0.4) is 0 Å². The monoisotopic (exact) mass is 383 g/mol. The van der Waals surface area contributed by atoms with Gasteiger partial charge in [0.1, 0.15) is 10.8 Å². The Morgan fingerprint density at radius 2 is 1.96 bits per heavy atom. The predicted octanol–water partition coefficient (Wildman–Crippen LogP) is 4.50. The Morgan fingerprint density at radius 1 is 1.19 bits per heavy atom. The van der Waals surface area contributed by atoms with Gasteiger partial charge in [0.2, 0.25) is 5.13 Å². The van der Waals surface area contributed by atoms with Gasteiger partial charge in [-0.25, -0.2) is 4.39 Å². The number of anilines is 1. The van der Waals surface area contributed by atoms with Crippen LogP contribution in [0, 0.1) is 5.82 Å². The van der Waals surface area contributed by atoms with E-state index in [2.05, 4.69) is 25.8 Å². The van der Waals surface area contributed by atoms with E-state index in [0.29, 0.717) is 16.7 Å². The van der Waals surface area contributed by atoms with Gasteiger partial charge in [-0.15, -0.1) is 10.2 Å². The largest absolute Gasteiger partial charge is 0.356 e. The summed E-state index contributed by atoms with van der Waals surface area (Å²) in [5.74, 6) is 0.352. The Morgan fingerprint density at radius 3 is 2.63 bits per heavy atom. The zero-order valence-corrected chi connectivity index (χ0v) is 16.3. The van der Waals surface area contributed by atoms with E-state index in [1.54, 1.807) is 13.1 Å². The summed E-state index contributed by atoms with van der Waals surface area (Å²) in [5.41, 5.74) is 2.33. The van der Waals surface area contributed by atoms with Gasteiger partial charge in [-0.1, -0.05) is 60.7 Å². The Bertz CT molecular complexity index is 923. The molecular weight excluding hydrogens is 361 g/mol. The lowest BCUT2D eigenvalue weighted by Gasteiger charge is -2.11. The first-order valence-electron chi connectivity index (χ1n) is 8.78. The quantitative estimate of drug-likeness (QED) is 0.503. The molecule has 2 N–H and O–H groups in total. The molecule has 2 aromatic carbocycles. The minimum absolute atomic E-state index is 0.0569. The molecule has 0 amide bonds. The highest BCUT2D eigenvalue weighted by atomic mass is 32.1. The van der Waals surface area contributed by atoms with Crippen molar-refractivity contribution in [1.82, 2.24) is 15.5 Å². The molecule has 0 aliphatic rings. The van der Waals surface area contributed by atoms with Crippen LogP contribution in [0.15, 0.2) is 53.5 Å². The van der Waals surface area contributed by atoms with Crippen LogP contribution in [0.5, 0.6) is 0 Å². The highest BCUT2D eigenvalue weighted by Gasteiger charge is 2.17. The molecule has 140 valence electrons. The molecule has 1 heterocycles. The summed E-state index contributed by atoms with van der Waals surface area (Å²) in [7, 11) is 1.70. The molecule has 0 radical (unpaired) electrons. The van der Waals surface area contributed by atoms with Gasteiger partial charge in [0.05, 0.1) is 0 Å². The molecule has 0 saturated heterocycles. The maximum atomic E-state index is 14.7. The fraction of sp³-hybridized carbons (Fsp3) is 0.250. The Balaban J connectivity index is 1.78. The van der Waals surface area contributed by atoms with Crippen molar-refractivity contribution in [3.05, 3.63) is 64.9 Å². The van der Waals surface area contributed by atoms with Gasteiger partial charge in [0.15, 0.2) is 5.96 Å². The van der Waals surface area contributed by atoms with E-state index in [1.807, 2.05) is 56.3 Å². The maximum absolute atomic E-state index is 14.7. The van der Waals surface area contributed by atoms with Crippen molar-refractivity contribution in [2.45, 2.75) is 19.8 Å². The molecular formula is C20H22FN5S. The first-order valence-corrected chi connectivity index (χ1v) is 9.60. The molecule has 3 rings (SSSR count). The van der Waals surface area contributed by atoms with Crippen LogP contribution in [-0.4, -0.2) is 29.7 Å². The molecule has 1 atom stereocenters. The topological polar surface area (TPSA) is 62.2 Å². The number of hydrogen-bond acceptors (Lipinski definition) is 4. The number of aliphatic imine (C=N–C) groups is 1. The van der Waals surface area contributed by atoms with Crippen LogP contribution in [0.25, 0.3) is 11.1 Å². The molecule has 0 fully saturated rings. The van der Waals surface area contributed by atoms with Gasteiger partial charge in [-0.2, -0.15) is 0 Å². The van der Waals surface area contributed by atoms with E-state index in [4.69, 9.17) is 0 Å². The van der Waals surface area contributed by atoms with Gasteiger partial charge in [-0.05, 0) is 24.1 Å². The van der Waals surface area contributed by atoms with Crippen molar-refractivity contribution in [2.24, 2.45) is 4.99 Å². The van der Waals surface area contributed by atoms with Crippen LogP contribution in [0.4, 0.5) is 9.52 Å². The number of benzene rings is 2. The summed E-state index contributed by atoms with van der Waals surface area (Å²) < 4.78 is 14.7. The minimum Gasteiger partial charge on any atom is -0.356 e.